The highest BCUT2D eigenvalue weighted by Crippen LogP contribution is 2.55. The van der Waals surface area contributed by atoms with Crippen LogP contribution in [0.25, 0.3) is 0 Å². The third-order valence-electron chi connectivity index (χ3n) is 12.5. The van der Waals surface area contributed by atoms with Gasteiger partial charge in [-0.2, -0.15) is 0 Å². The lowest BCUT2D eigenvalue weighted by Gasteiger charge is -2.47. The zero-order valence-corrected chi connectivity index (χ0v) is 30.2. The van der Waals surface area contributed by atoms with E-state index in [9.17, 15) is 39.6 Å². The van der Waals surface area contributed by atoms with E-state index >= 15 is 0 Å². The number of hydrogen-bond acceptors (Lipinski definition) is 8. The molecule has 6 rings (SSSR count). The first-order chi connectivity index (χ1) is 24.8. The number of phenols is 4. The van der Waals surface area contributed by atoms with Crippen molar-refractivity contribution in [2.45, 2.75) is 89.9 Å². The van der Waals surface area contributed by atoms with Crippen molar-refractivity contribution in [1.29, 1.82) is 0 Å². The lowest BCUT2D eigenvalue weighted by atomic mass is 9.56. The van der Waals surface area contributed by atoms with Crippen molar-refractivity contribution in [2.24, 2.45) is 11.8 Å². The highest BCUT2D eigenvalue weighted by atomic mass is 16.3. The molecule has 0 bridgehead atoms. The van der Waals surface area contributed by atoms with Gasteiger partial charge in [-0.05, 0) is 160 Å². The monoisotopic (exact) mass is 702 g/mol. The van der Waals surface area contributed by atoms with Gasteiger partial charge in [0.2, 0.25) is 0 Å². The van der Waals surface area contributed by atoms with Crippen LogP contribution in [0, 0.1) is 39.5 Å². The predicted molar refractivity (Wildman–Crippen MR) is 198 cm³/mol. The average Bonchev–Trinajstić information content (AvgIpc) is 3.15. The number of aldehydes is 4. The lowest BCUT2D eigenvalue weighted by molar-refractivity contribution is 0.111. The zero-order chi connectivity index (χ0) is 37.5. The second kappa shape index (κ2) is 14.1. The maximum Gasteiger partial charge on any atom is 0.153 e. The zero-order valence-electron chi connectivity index (χ0n) is 30.2. The molecule has 2 fully saturated rings. The number of benzene rings is 4. The van der Waals surface area contributed by atoms with Crippen LogP contribution in [-0.4, -0.2) is 45.6 Å². The predicted octanol–water partition coefficient (Wildman–Crippen LogP) is 8.65. The Labute approximate surface area is 304 Å². The van der Waals surface area contributed by atoms with E-state index in [0.29, 0.717) is 59.2 Å². The van der Waals surface area contributed by atoms with Crippen molar-refractivity contribution in [1.82, 2.24) is 0 Å². The Morgan fingerprint density at radius 1 is 0.423 bits per heavy atom. The second-order valence-electron chi connectivity index (χ2n) is 15.2. The van der Waals surface area contributed by atoms with Crippen LogP contribution in [0.4, 0.5) is 0 Å². The van der Waals surface area contributed by atoms with Gasteiger partial charge in [0, 0.05) is 10.8 Å². The molecule has 4 N–H and O–H groups in total. The summed E-state index contributed by atoms with van der Waals surface area (Å²) in [6, 6.07) is 14.8. The molecule has 0 aromatic heterocycles. The van der Waals surface area contributed by atoms with E-state index in [2.05, 4.69) is 0 Å². The lowest BCUT2D eigenvalue weighted by Crippen LogP contribution is -2.39. The summed E-state index contributed by atoms with van der Waals surface area (Å²) in [6.07, 6.45) is 9.15. The molecule has 0 unspecified atom stereocenters. The van der Waals surface area contributed by atoms with Crippen molar-refractivity contribution in [3.8, 4) is 23.0 Å². The Kier molecular flexibility index (Phi) is 9.88. The summed E-state index contributed by atoms with van der Waals surface area (Å²) in [5, 5.41) is 42.4. The van der Waals surface area contributed by atoms with Crippen LogP contribution in [0.3, 0.4) is 0 Å². The first kappa shape index (κ1) is 36.5. The topological polar surface area (TPSA) is 149 Å². The fraction of sp³-hybridized carbons (Fsp3) is 0.364. The maximum atomic E-state index is 12.0. The van der Waals surface area contributed by atoms with E-state index < -0.39 is 10.8 Å². The minimum absolute atomic E-state index is 0.0445. The molecule has 2 saturated carbocycles. The molecule has 0 amide bonds. The molecule has 0 saturated heterocycles. The summed E-state index contributed by atoms with van der Waals surface area (Å²) in [5.41, 5.74) is 5.75. The molecule has 0 aliphatic heterocycles. The highest BCUT2D eigenvalue weighted by Gasteiger charge is 2.45. The fourth-order valence-electron chi connectivity index (χ4n) is 9.39. The van der Waals surface area contributed by atoms with Crippen molar-refractivity contribution in [3.63, 3.8) is 0 Å². The Morgan fingerprint density at radius 2 is 0.635 bits per heavy atom. The van der Waals surface area contributed by atoms with E-state index in [-0.39, 0.29) is 45.3 Å². The molecule has 4 aromatic carbocycles. The van der Waals surface area contributed by atoms with Gasteiger partial charge in [-0.1, -0.05) is 24.3 Å². The van der Waals surface area contributed by atoms with Crippen LogP contribution >= 0.6 is 0 Å². The fourth-order valence-corrected chi connectivity index (χ4v) is 9.39. The van der Waals surface area contributed by atoms with Crippen molar-refractivity contribution < 1.29 is 39.6 Å². The maximum absolute atomic E-state index is 12.0. The summed E-state index contributed by atoms with van der Waals surface area (Å²) in [4.78, 5) is 48.1. The molecule has 0 heterocycles. The van der Waals surface area contributed by atoms with E-state index in [1.54, 1.807) is 52.0 Å². The van der Waals surface area contributed by atoms with Gasteiger partial charge < -0.3 is 20.4 Å². The Bertz CT molecular complexity index is 1800. The highest BCUT2D eigenvalue weighted by molar-refractivity contribution is 5.83. The molecule has 0 radical (unpaired) electrons. The molecule has 270 valence electrons. The molecular weight excluding hydrogens is 656 g/mol. The first-order valence-electron chi connectivity index (χ1n) is 18.0. The third kappa shape index (κ3) is 6.08. The molecule has 8 nitrogen and oxygen atoms in total. The number of phenolic OH excluding ortho intramolecular Hbond substituents is 4. The van der Waals surface area contributed by atoms with Gasteiger partial charge >= 0.3 is 0 Å². The van der Waals surface area contributed by atoms with Gasteiger partial charge in [-0.3, -0.25) is 19.2 Å². The van der Waals surface area contributed by atoms with Crippen molar-refractivity contribution in [2.75, 3.05) is 0 Å². The molecule has 0 atom stereocenters. The van der Waals surface area contributed by atoms with Crippen LogP contribution in [0.1, 0.15) is 137 Å². The van der Waals surface area contributed by atoms with E-state index in [0.717, 1.165) is 73.6 Å². The Hall–Kier alpha value is -5.24. The number of hydrogen-bond donors (Lipinski definition) is 4. The van der Waals surface area contributed by atoms with Gasteiger partial charge in [-0.15, -0.1) is 0 Å². The number of aromatic hydroxyl groups is 4. The summed E-state index contributed by atoms with van der Waals surface area (Å²) in [7, 11) is 0. The minimum atomic E-state index is -0.551. The molecule has 2 aliphatic carbocycles. The molecule has 0 spiro atoms. The quantitative estimate of drug-likeness (QED) is 0.127. The van der Waals surface area contributed by atoms with Gasteiger partial charge in [0.05, 0.1) is 22.3 Å². The number of rotatable bonds is 9. The van der Waals surface area contributed by atoms with E-state index in [1.807, 2.05) is 24.3 Å². The first-order valence-corrected chi connectivity index (χ1v) is 18.0. The second-order valence-corrected chi connectivity index (χ2v) is 15.2. The van der Waals surface area contributed by atoms with Crippen LogP contribution in [-0.2, 0) is 10.8 Å². The normalized spacial score (nSPS) is 17.4. The molecule has 8 heteroatoms. The summed E-state index contributed by atoms with van der Waals surface area (Å²) >= 11 is 0. The van der Waals surface area contributed by atoms with Crippen LogP contribution < -0.4 is 0 Å². The number of carbonyl (C=O) groups excluding carboxylic acids is 4. The van der Waals surface area contributed by atoms with Gasteiger partial charge in [0.1, 0.15) is 23.0 Å². The minimum Gasteiger partial charge on any atom is -0.507 e. The summed E-state index contributed by atoms with van der Waals surface area (Å²) < 4.78 is 0. The van der Waals surface area contributed by atoms with Crippen LogP contribution in [0.5, 0.6) is 23.0 Å². The van der Waals surface area contributed by atoms with Gasteiger partial charge in [0.25, 0.3) is 0 Å². The van der Waals surface area contributed by atoms with Crippen LogP contribution in [0.15, 0.2) is 48.5 Å². The van der Waals surface area contributed by atoms with Gasteiger partial charge in [0.15, 0.2) is 25.1 Å². The summed E-state index contributed by atoms with van der Waals surface area (Å²) in [5.74, 6) is 0.596. The van der Waals surface area contributed by atoms with E-state index in [4.69, 9.17) is 0 Å². The standard InChI is InChI=1S/C44H46O8/c1-25-13-35(17-31(21-45)39(25)49)43(36-14-26(2)40(50)32(18-36)22-46)9-5-29(6-10-43)30-7-11-44(12-8-30,37-15-27(3)41(51)33(19-37)23-47)38-16-28(4)42(52)34(20-38)24-48/h13-24,29-30,49-52H,5-12H2,1-4H3. The summed E-state index contributed by atoms with van der Waals surface area (Å²) in [6.45, 7) is 7.11. The van der Waals surface area contributed by atoms with Gasteiger partial charge in [-0.25, -0.2) is 0 Å². The smallest absolute Gasteiger partial charge is 0.153 e. The Balaban J connectivity index is 1.35. The number of carbonyl (C=O) groups is 4. The third-order valence-corrected chi connectivity index (χ3v) is 12.5. The SMILES string of the molecule is Cc1cc(C2(c3cc(C)c(O)c(C=O)c3)CCC(C3CCC(c4cc(C)c(O)c(C=O)c4)(c4cc(C)c(O)c(C=O)c4)CC3)CC2)cc(C=O)c1O. The average molecular weight is 703 g/mol. The molecular formula is C44H46O8. The van der Waals surface area contributed by atoms with Crippen molar-refractivity contribution >= 4 is 25.1 Å². The molecule has 2 aliphatic rings. The van der Waals surface area contributed by atoms with Crippen molar-refractivity contribution in [3.05, 3.63) is 115 Å². The van der Waals surface area contributed by atoms with E-state index in [1.165, 1.54) is 0 Å². The Morgan fingerprint density at radius 3 is 0.827 bits per heavy atom. The van der Waals surface area contributed by atoms with Crippen LogP contribution in [0.2, 0.25) is 0 Å². The number of aryl methyl sites for hydroxylation is 4. The molecule has 4 aromatic rings. The largest absolute Gasteiger partial charge is 0.507 e. The molecule has 52 heavy (non-hydrogen) atoms.